The van der Waals surface area contributed by atoms with Crippen LogP contribution in [-0.4, -0.2) is 13.1 Å². The predicted octanol–water partition coefficient (Wildman–Crippen LogP) is 5.65. The van der Waals surface area contributed by atoms with Gasteiger partial charge >= 0.3 is 0 Å². The van der Waals surface area contributed by atoms with Gasteiger partial charge in [0.2, 0.25) is 0 Å². The van der Waals surface area contributed by atoms with E-state index in [1.807, 2.05) is 24.3 Å². The molecule has 0 saturated carbocycles. The summed E-state index contributed by atoms with van der Waals surface area (Å²) in [7, 11) is 0. The normalized spacial score (nSPS) is 11.6. The van der Waals surface area contributed by atoms with E-state index in [0.29, 0.717) is 0 Å². The van der Waals surface area contributed by atoms with Gasteiger partial charge in [-0.2, -0.15) is 0 Å². The van der Waals surface area contributed by atoms with Crippen LogP contribution < -0.4 is 21.4 Å². The number of anilines is 2. The molecular weight excluding hydrogens is 430 g/mol. The number of rotatable bonds is 4. The Labute approximate surface area is 203 Å². The van der Waals surface area contributed by atoms with Crippen molar-refractivity contribution in [3.05, 3.63) is 90.3 Å². The van der Waals surface area contributed by atoms with Crippen LogP contribution in [0.25, 0.3) is 54.6 Å². The fourth-order valence-electron chi connectivity index (χ4n) is 5.24. The first-order valence-corrected chi connectivity index (χ1v) is 12.1. The maximum Gasteiger partial charge on any atom is 0.197 e. The lowest BCUT2D eigenvalue weighted by Gasteiger charge is -2.21. The van der Waals surface area contributed by atoms with Gasteiger partial charge in [-0.1, -0.05) is 24.3 Å². The smallest absolute Gasteiger partial charge is 0.197 e. The monoisotopic (exact) mass is 458 g/mol. The van der Waals surface area contributed by atoms with E-state index in [0.717, 1.165) is 73.2 Å². The van der Waals surface area contributed by atoms with Gasteiger partial charge in [0, 0.05) is 63.7 Å². The summed E-state index contributed by atoms with van der Waals surface area (Å²) in [6.07, 6.45) is 0. The highest BCUT2D eigenvalue weighted by Crippen LogP contribution is 2.41. The van der Waals surface area contributed by atoms with Crippen molar-refractivity contribution in [3.8, 4) is 11.1 Å². The van der Waals surface area contributed by atoms with Gasteiger partial charge in [0.05, 0.1) is 0 Å². The molecule has 1 aromatic heterocycles. The molecule has 0 bridgehead atoms. The van der Waals surface area contributed by atoms with Crippen molar-refractivity contribution in [2.75, 3.05) is 23.7 Å². The van der Waals surface area contributed by atoms with Crippen molar-refractivity contribution >= 4 is 54.9 Å². The molecule has 4 N–H and O–H groups in total. The van der Waals surface area contributed by atoms with Gasteiger partial charge in [-0.3, -0.25) is 5.41 Å². The summed E-state index contributed by atoms with van der Waals surface area (Å²) in [5.74, 6) is 0. The first-order chi connectivity index (χ1) is 17.1. The molecule has 0 aliphatic rings. The lowest BCUT2D eigenvalue weighted by atomic mass is 9.93. The minimum absolute atomic E-state index is 0.741. The van der Waals surface area contributed by atoms with Crippen LogP contribution in [-0.2, 0) is 0 Å². The number of fused-ring (bicyclic) bond motifs is 6. The molecule has 0 atom stereocenters. The molecule has 6 aromatic rings. The number of benzene rings is 5. The zero-order valence-electron chi connectivity index (χ0n) is 20.0. The molecule has 6 rings (SSSR count). The van der Waals surface area contributed by atoms with E-state index in [2.05, 4.69) is 79.4 Å². The van der Waals surface area contributed by atoms with Gasteiger partial charge in [-0.05, 0) is 78.7 Å². The predicted molar refractivity (Wildman–Crippen MR) is 147 cm³/mol. The molecule has 0 saturated heterocycles. The third-order valence-electron chi connectivity index (χ3n) is 7.02. The average Bonchev–Trinajstić information content (AvgIpc) is 2.88. The second-order valence-electron chi connectivity index (χ2n) is 9.04. The van der Waals surface area contributed by atoms with Crippen LogP contribution in [0, 0.1) is 0 Å². The SMILES string of the molecule is CCN(CC)c1ccc(-c2c3ccc4cc(N)ccc4c3oc3c2ccc2cc(=[NH2+])ccc23)cc1. The molecule has 0 fully saturated rings. The first kappa shape index (κ1) is 21.2. The topological polar surface area (TPSA) is 68.0 Å². The lowest BCUT2D eigenvalue weighted by Crippen LogP contribution is -2.44. The third-order valence-corrected chi connectivity index (χ3v) is 7.02. The Kier molecular flexibility index (Phi) is 4.96. The Morgan fingerprint density at radius 2 is 1.26 bits per heavy atom. The van der Waals surface area contributed by atoms with Crippen LogP contribution in [0.4, 0.5) is 11.4 Å². The molecule has 0 aliphatic carbocycles. The summed E-state index contributed by atoms with van der Waals surface area (Å²) in [5, 5.41) is 13.2. The molecule has 0 unspecified atom stereocenters. The van der Waals surface area contributed by atoms with Crippen LogP contribution in [0.1, 0.15) is 13.8 Å². The average molecular weight is 459 g/mol. The van der Waals surface area contributed by atoms with E-state index in [4.69, 9.17) is 15.6 Å². The Morgan fingerprint density at radius 1 is 0.686 bits per heavy atom. The zero-order valence-corrected chi connectivity index (χ0v) is 20.0. The number of nitrogens with two attached hydrogens (primary N) is 2. The van der Waals surface area contributed by atoms with E-state index in [1.165, 1.54) is 11.3 Å². The van der Waals surface area contributed by atoms with E-state index in [1.54, 1.807) is 0 Å². The van der Waals surface area contributed by atoms with E-state index >= 15 is 0 Å². The largest absolute Gasteiger partial charge is 0.455 e. The fourth-order valence-corrected chi connectivity index (χ4v) is 5.24. The van der Waals surface area contributed by atoms with E-state index in [-0.39, 0.29) is 0 Å². The lowest BCUT2D eigenvalue weighted by molar-refractivity contribution is -0.172. The Balaban J connectivity index is 1.74. The molecule has 35 heavy (non-hydrogen) atoms. The molecule has 4 nitrogen and oxygen atoms in total. The third kappa shape index (κ3) is 3.41. The highest BCUT2D eigenvalue weighted by atomic mass is 16.3. The van der Waals surface area contributed by atoms with Gasteiger partial charge in [-0.25, -0.2) is 0 Å². The molecule has 5 aromatic carbocycles. The number of nitrogens with zero attached hydrogens (tertiary/aromatic N) is 1. The quantitative estimate of drug-likeness (QED) is 0.204. The summed E-state index contributed by atoms with van der Waals surface area (Å²) in [5.41, 5.74) is 12.1. The molecule has 0 spiro atoms. The van der Waals surface area contributed by atoms with Crippen LogP contribution in [0.2, 0.25) is 0 Å². The number of hydrogen-bond acceptors (Lipinski definition) is 3. The molecule has 0 amide bonds. The molecular formula is C31H28N3O+. The standard InChI is InChI=1S/C31H27N3O/c1-3-34(4-2)24-11-5-19(6-12-24)29-27-13-7-20-17-22(32)9-15-25(20)30(27)35-31-26-16-10-23(33)18-21(26)8-14-28(29)31/h5-18,32H,3-4,33H2,1-2H3/p+1. The van der Waals surface area contributed by atoms with Crippen molar-refractivity contribution in [2.45, 2.75) is 13.8 Å². The number of nitrogen functional groups attached to an aromatic ring is 1. The van der Waals surface area contributed by atoms with E-state index in [9.17, 15) is 0 Å². The first-order valence-electron chi connectivity index (χ1n) is 12.1. The van der Waals surface area contributed by atoms with Gasteiger partial charge in [-0.15, -0.1) is 0 Å². The second kappa shape index (κ2) is 8.17. The van der Waals surface area contributed by atoms with Gasteiger partial charge < -0.3 is 15.1 Å². The summed E-state index contributed by atoms with van der Waals surface area (Å²) in [6, 6.07) is 29.4. The van der Waals surface area contributed by atoms with Crippen LogP contribution in [0.3, 0.4) is 0 Å². The highest BCUT2D eigenvalue weighted by Gasteiger charge is 2.17. The van der Waals surface area contributed by atoms with Crippen molar-refractivity contribution < 1.29 is 9.83 Å². The summed E-state index contributed by atoms with van der Waals surface area (Å²) >= 11 is 0. The minimum atomic E-state index is 0.741. The van der Waals surface area contributed by atoms with Crippen molar-refractivity contribution in [1.29, 1.82) is 0 Å². The summed E-state index contributed by atoms with van der Waals surface area (Å²) in [4.78, 5) is 2.36. The number of hydrogen-bond donors (Lipinski definition) is 2. The van der Waals surface area contributed by atoms with E-state index < -0.39 is 0 Å². The van der Waals surface area contributed by atoms with Gasteiger partial charge in [0.15, 0.2) is 5.36 Å². The van der Waals surface area contributed by atoms with Crippen molar-refractivity contribution in [2.24, 2.45) is 0 Å². The maximum atomic E-state index is 6.72. The Morgan fingerprint density at radius 3 is 1.89 bits per heavy atom. The molecule has 1 heterocycles. The van der Waals surface area contributed by atoms with Crippen molar-refractivity contribution in [1.82, 2.24) is 0 Å². The second-order valence-corrected chi connectivity index (χ2v) is 9.04. The van der Waals surface area contributed by atoms with Crippen molar-refractivity contribution in [3.63, 3.8) is 0 Å². The minimum Gasteiger partial charge on any atom is -0.455 e. The van der Waals surface area contributed by atoms with Crippen LogP contribution in [0.15, 0.2) is 89.3 Å². The molecule has 4 heteroatoms. The Bertz CT molecular complexity index is 1800. The fraction of sp³-hybridized carbons (Fsp3) is 0.129. The van der Waals surface area contributed by atoms with Crippen LogP contribution in [0.5, 0.6) is 0 Å². The van der Waals surface area contributed by atoms with Gasteiger partial charge in [0.25, 0.3) is 0 Å². The Hall–Kier alpha value is -4.31. The summed E-state index contributed by atoms with van der Waals surface area (Å²) in [6.45, 7) is 6.34. The summed E-state index contributed by atoms with van der Waals surface area (Å²) < 4.78 is 6.72. The van der Waals surface area contributed by atoms with Crippen LogP contribution >= 0.6 is 0 Å². The maximum absolute atomic E-state index is 6.72. The highest BCUT2D eigenvalue weighted by molar-refractivity contribution is 6.19. The molecule has 0 aliphatic heterocycles. The molecule has 172 valence electrons. The van der Waals surface area contributed by atoms with Gasteiger partial charge in [0.1, 0.15) is 11.2 Å². The molecule has 0 radical (unpaired) electrons. The zero-order chi connectivity index (χ0) is 24.1.